The molecule has 1 atom stereocenters. The Hall–Kier alpha value is -1.23. The van der Waals surface area contributed by atoms with E-state index in [0.717, 1.165) is 4.88 Å². The van der Waals surface area contributed by atoms with Crippen molar-refractivity contribution in [2.75, 3.05) is 13.2 Å². The monoisotopic (exact) mass is 228 g/mol. The molecule has 1 unspecified atom stereocenters. The lowest BCUT2D eigenvalue weighted by atomic mass is 10.0. The fourth-order valence-electron chi connectivity index (χ4n) is 1.60. The molecule has 82 valence electrons. The van der Waals surface area contributed by atoms with Crippen LogP contribution in [0.5, 0.6) is 11.5 Å². The summed E-state index contributed by atoms with van der Waals surface area (Å²) in [5.74, 6) is 0.0122. The molecule has 0 radical (unpaired) electrons. The fraction of sp³-hybridized carbons (Fsp3) is 0.500. The number of rotatable bonds is 3. The largest absolute Gasteiger partial charge is 0.485 e. The van der Waals surface area contributed by atoms with E-state index in [1.807, 2.05) is 12.3 Å². The molecule has 0 aliphatic carbocycles. The fourth-order valence-corrected chi connectivity index (χ4v) is 2.70. The van der Waals surface area contributed by atoms with Crippen molar-refractivity contribution < 1.29 is 19.4 Å². The number of hydrogen-bond acceptors (Lipinski definition) is 4. The van der Waals surface area contributed by atoms with E-state index in [0.29, 0.717) is 31.1 Å². The highest BCUT2D eigenvalue weighted by molar-refractivity contribution is 7.10. The van der Waals surface area contributed by atoms with E-state index < -0.39 is 11.9 Å². The summed E-state index contributed by atoms with van der Waals surface area (Å²) < 4.78 is 10.8. The molecule has 1 aliphatic rings. The van der Waals surface area contributed by atoms with E-state index in [-0.39, 0.29) is 0 Å². The summed E-state index contributed by atoms with van der Waals surface area (Å²) in [5, 5.41) is 10.9. The van der Waals surface area contributed by atoms with Gasteiger partial charge in [0.2, 0.25) is 0 Å². The zero-order chi connectivity index (χ0) is 10.8. The van der Waals surface area contributed by atoms with Crippen molar-refractivity contribution >= 4 is 17.3 Å². The van der Waals surface area contributed by atoms with Gasteiger partial charge in [-0.05, 0) is 6.42 Å². The van der Waals surface area contributed by atoms with Gasteiger partial charge >= 0.3 is 5.97 Å². The average Bonchev–Trinajstić information content (AvgIpc) is 2.63. The van der Waals surface area contributed by atoms with E-state index in [2.05, 4.69) is 0 Å². The van der Waals surface area contributed by atoms with Gasteiger partial charge in [-0.15, -0.1) is 11.3 Å². The van der Waals surface area contributed by atoms with Crippen LogP contribution in [0.15, 0.2) is 5.38 Å². The van der Waals surface area contributed by atoms with Crippen LogP contribution in [-0.4, -0.2) is 24.3 Å². The van der Waals surface area contributed by atoms with Crippen LogP contribution in [-0.2, 0) is 4.79 Å². The number of carboxylic acid groups (broad SMARTS) is 1. The van der Waals surface area contributed by atoms with Gasteiger partial charge in [0, 0.05) is 5.38 Å². The van der Waals surface area contributed by atoms with E-state index >= 15 is 0 Å². The molecule has 0 aromatic carbocycles. The van der Waals surface area contributed by atoms with Crippen molar-refractivity contribution in [1.82, 2.24) is 0 Å². The maximum absolute atomic E-state index is 11.0. The first kappa shape index (κ1) is 10.3. The van der Waals surface area contributed by atoms with Gasteiger partial charge < -0.3 is 14.6 Å². The summed E-state index contributed by atoms with van der Waals surface area (Å²) in [6.07, 6.45) is 0.561. The highest BCUT2D eigenvalue weighted by Gasteiger charge is 2.28. The van der Waals surface area contributed by atoms with Gasteiger partial charge in [-0.25, -0.2) is 0 Å². The van der Waals surface area contributed by atoms with Crippen molar-refractivity contribution in [3.05, 3.63) is 10.3 Å². The number of fused-ring (bicyclic) bond motifs is 1. The van der Waals surface area contributed by atoms with Crippen molar-refractivity contribution in [3.63, 3.8) is 0 Å². The molecule has 0 saturated carbocycles. The molecule has 0 spiro atoms. The summed E-state index contributed by atoms with van der Waals surface area (Å²) in [4.78, 5) is 11.8. The predicted molar refractivity (Wildman–Crippen MR) is 56.0 cm³/mol. The molecule has 1 aromatic rings. The van der Waals surface area contributed by atoms with E-state index in [9.17, 15) is 4.79 Å². The number of thiophene rings is 1. The SMILES string of the molecule is CCC(C(=O)O)c1scc2c1OCCO2. The normalized spacial score (nSPS) is 16.1. The lowest BCUT2D eigenvalue weighted by molar-refractivity contribution is -0.138. The van der Waals surface area contributed by atoms with Gasteiger partial charge in [-0.1, -0.05) is 6.92 Å². The molecule has 0 bridgehead atoms. The number of carboxylic acids is 1. The minimum Gasteiger partial charge on any atom is -0.485 e. The van der Waals surface area contributed by atoms with Crippen LogP contribution in [0.3, 0.4) is 0 Å². The Balaban J connectivity index is 2.35. The molecular weight excluding hydrogens is 216 g/mol. The third-order valence-corrected chi connectivity index (χ3v) is 3.41. The molecule has 15 heavy (non-hydrogen) atoms. The third-order valence-electron chi connectivity index (χ3n) is 2.35. The Morgan fingerprint density at radius 3 is 3.00 bits per heavy atom. The summed E-state index contributed by atoms with van der Waals surface area (Å²) in [7, 11) is 0. The molecule has 1 aromatic heterocycles. The van der Waals surface area contributed by atoms with Gasteiger partial charge in [0.15, 0.2) is 11.5 Å². The topological polar surface area (TPSA) is 55.8 Å². The molecule has 0 amide bonds. The van der Waals surface area contributed by atoms with Gasteiger partial charge in [-0.2, -0.15) is 0 Å². The highest BCUT2D eigenvalue weighted by atomic mass is 32.1. The van der Waals surface area contributed by atoms with E-state index in [1.165, 1.54) is 11.3 Å². The second kappa shape index (κ2) is 4.10. The minimum absolute atomic E-state index is 0.486. The van der Waals surface area contributed by atoms with Crippen molar-refractivity contribution in [3.8, 4) is 11.5 Å². The summed E-state index contributed by atoms with van der Waals surface area (Å²) in [6, 6.07) is 0. The predicted octanol–water partition coefficient (Wildman–Crippen LogP) is 2.10. The maximum atomic E-state index is 11.0. The van der Waals surface area contributed by atoms with Gasteiger partial charge in [0.1, 0.15) is 13.2 Å². The molecule has 2 heterocycles. The van der Waals surface area contributed by atoms with Crippen LogP contribution >= 0.6 is 11.3 Å². The molecule has 1 N–H and O–H groups in total. The van der Waals surface area contributed by atoms with Crippen molar-refractivity contribution in [2.45, 2.75) is 19.3 Å². The lowest BCUT2D eigenvalue weighted by Crippen LogP contribution is -2.17. The van der Waals surface area contributed by atoms with E-state index in [4.69, 9.17) is 14.6 Å². The Bertz CT molecular complexity index is 371. The number of aliphatic carboxylic acids is 1. The molecule has 1 aliphatic heterocycles. The number of carbonyl (C=O) groups is 1. The average molecular weight is 228 g/mol. The Labute approximate surface area is 91.4 Å². The quantitative estimate of drug-likeness (QED) is 0.860. The third kappa shape index (κ3) is 1.79. The van der Waals surface area contributed by atoms with Crippen molar-refractivity contribution in [1.29, 1.82) is 0 Å². The molecular formula is C10H12O4S. The van der Waals surface area contributed by atoms with Crippen LogP contribution in [0.2, 0.25) is 0 Å². The zero-order valence-electron chi connectivity index (χ0n) is 8.36. The minimum atomic E-state index is -0.809. The zero-order valence-corrected chi connectivity index (χ0v) is 9.17. The summed E-state index contributed by atoms with van der Waals surface area (Å²) in [6.45, 7) is 2.88. The first-order valence-electron chi connectivity index (χ1n) is 4.83. The molecule has 0 fully saturated rings. The first-order chi connectivity index (χ1) is 7.24. The Morgan fingerprint density at radius 1 is 1.60 bits per heavy atom. The molecule has 2 rings (SSSR count). The van der Waals surface area contributed by atoms with Crippen LogP contribution in [0.1, 0.15) is 24.1 Å². The van der Waals surface area contributed by atoms with Crippen LogP contribution in [0.25, 0.3) is 0 Å². The van der Waals surface area contributed by atoms with Crippen LogP contribution in [0, 0.1) is 0 Å². The van der Waals surface area contributed by atoms with Crippen molar-refractivity contribution in [2.24, 2.45) is 0 Å². The highest BCUT2D eigenvalue weighted by Crippen LogP contribution is 2.44. The van der Waals surface area contributed by atoms with E-state index in [1.54, 1.807) is 0 Å². The van der Waals surface area contributed by atoms with Gasteiger partial charge in [0.05, 0.1) is 10.8 Å². The Morgan fingerprint density at radius 2 is 2.33 bits per heavy atom. The van der Waals surface area contributed by atoms with Crippen LogP contribution in [0.4, 0.5) is 0 Å². The second-order valence-corrected chi connectivity index (χ2v) is 4.20. The second-order valence-electron chi connectivity index (χ2n) is 3.29. The lowest BCUT2D eigenvalue weighted by Gasteiger charge is -2.17. The number of hydrogen-bond donors (Lipinski definition) is 1. The maximum Gasteiger partial charge on any atom is 0.311 e. The standard InChI is InChI=1S/C10H12O4S/c1-2-6(10(11)12)9-8-7(5-15-9)13-3-4-14-8/h5-6H,2-4H2,1H3,(H,11,12). The first-order valence-corrected chi connectivity index (χ1v) is 5.71. The Kier molecular flexibility index (Phi) is 2.81. The molecule has 5 heteroatoms. The van der Waals surface area contributed by atoms with Crippen LogP contribution < -0.4 is 9.47 Å². The van der Waals surface area contributed by atoms with Gasteiger partial charge in [0.25, 0.3) is 0 Å². The smallest absolute Gasteiger partial charge is 0.311 e. The molecule has 4 nitrogen and oxygen atoms in total. The summed E-state index contributed by atoms with van der Waals surface area (Å²) in [5.41, 5.74) is 0. The summed E-state index contributed by atoms with van der Waals surface area (Å²) >= 11 is 1.40. The molecule has 0 saturated heterocycles. The van der Waals surface area contributed by atoms with Gasteiger partial charge in [-0.3, -0.25) is 4.79 Å². The number of ether oxygens (including phenoxy) is 2.